The molecule has 3 rings (SSSR count). The minimum Gasteiger partial charge on any atom is -0.354 e. The molecule has 2 aromatic carbocycles. The Kier molecular flexibility index (Phi) is 2.35. The van der Waals surface area contributed by atoms with Gasteiger partial charge in [0.25, 0.3) is 0 Å². The van der Waals surface area contributed by atoms with E-state index in [-0.39, 0.29) is 6.61 Å². The summed E-state index contributed by atoms with van der Waals surface area (Å²) in [6.07, 6.45) is 0. The lowest BCUT2D eigenvalue weighted by molar-refractivity contribution is 0.177. The zero-order valence-electron chi connectivity index (χ0n) is 8.57. The number of hydrogen-bond donors (Lipinski definition) is 1. The molecule has 1 aliphatic heterocycles. The van der Waals surface area contributed by atoms with E-state index in [4.69, 9.17) is 0 Å². The summed E-state index contributed by atoms with van der Waals surface area (Å²) in [4.78, 5) is 2.34. The monoisotopic (exact) mass is 228 g/mol. The molecule has 0 amide bonds. The van der Waals surface area contributed by atoms with Gasteiger partial charge in [-0.1, -0.05) is 30.0 Å². The highest BCUT2D eigenvalue weighted by Gasteiger charge is 2.14. The SMILES string of the molecule is [O]Cc1ccc2c(c1)Sc1ccccc1N2. The van der Waals surface area contributed by atoms with E-state index >= 15 is 0 Å². The van der Waals surface area contributed by atoms with Gasteiger partial charge >= 0.3 is 0 Å². The van der Waals surface area contributed by atoms with Crippen LogP contribution in [0.4, 0.5) is 11.4 Å². The van der Waals surface area contributed by atoms with Crippen molar-refractivity contribution < 1.29 is 5.11 Å². The highest BCUT2D eigenvalue weighted by Crippen LogP contribution is 2.44. The molecule has 0 bridgehead atoms. The van der Waals surface area contributed by atoms with Crippen LogP contribution in [0.3, 0.4) is 0 Å². The van der Waals surface area contributed by atoms with Crippen LogP contribution in [0, 0.1) is 0 Å². The molecule has 1 heterocycles. The van der Waals surface area contributed by atoms with Crippen LogP contribution >= 0.6 is 11.8 Å². The van der Waals surface area contributed by atoms with Gasteiger partial charge in [-0.25, -0.2) is 5.11 Å². The Bertz CT molecular complexity index is 539. The maximum Gasteiger partial charge on any atom is 0.107 e. The van der Waals surface area contributed by atoms with Gasteiger partial charge in [-0.05, 0) is 29.8 Å². The number of anilines is 2. The number of fused-ring (bicyclic) bond motifs is 2. The second-order valence-electron chi connectivity index (χ2n) is 3.70. The number of benzene rings is 2. The van der Waals surface area contributed by atoms with Crippen LogP contribution in [0.1, 0.15) is 5.56 Å². The summed E-state index contributed by atoms with van der Waals surface area (Å²) < 4.78 is 0. The smallest absolute Gasteiger partial charge is 0.107 e. The zero-order valence-corrected chi connectivity index (χ0v) is 9.38. The Morgan fingerprint density at radius 1 is 1.00 bits per heavy atom. The van der Waals surface area contributed by atoms with Crippen molar-refractivity contribution in [3.63, 3.8) is 0 Å². The van der Waals surface area contributed by atoms with Gasteiger partial charge in [0.15, 0.2) is 0 Å². The average molecular weight is 228 g/mol. The van der Waals surface area contributed by atoms with Crippen LogP contribution in [-0.4, -0.2) is 0 Å². The summed E-state index contributed by atoms with van der Waals surface area (Å²) in [5.74, 6) is 0. The van der Waals surface area contributed by atoms with Crippen molar-refractivity contribution in [3.05, 3.63) is 48.0 Å². The molecule has 1 radical (unpaired) electrons. The zero-order chi connectivity index (χ0) is 11.0. The Labute approximate surface area is 98.3 Å². The van der Waals surface area contributed by atoms with E-state index in [0.29, 0.717) is 0 Å². The van der Waals surface area contributed by atoms with Gasteiger partial charge in [0.2, 0.25) is 0 Å². The molecule has 0 saturated carbocycles. The lowest BCUT2D eigenvalue weighted by Gasteiger charge is -2.20. The topological polar surface area (TPSA) is 31.9 Å². The summed E-state index contributed by atoms with van der Waals surface area (Å²) in [7, 11) is 0. The third-order valence-electron chi connectivity index (χ3n) is 2.59. The molecular formula is C13H10NOS. The van der Waals surface area contributed by atoms with Gasteiger partial charge in [0.05, 0.1) is 11.4 Å². The van der Waals surface area contributed by atoms with Crippen molar-refractivity contribution in [2.75, 3.05) is 5.32 Å². The Morgan fingerprint density at radius 2 is 1.81 bits per heavy atom. The second kappa shape index (κ2) is 3.85. The lowest BCUT2D eigenvalue weighted by atomic mass is 10.2. The minimum absolute atomic E-state index is 0.157. The fraction of sp³-hybridized carbons (Fsp3) is 0.0769. The van der Waals surface area contributed by atoms with Gasteiger partial charge < -0.3 is 5.32 Å². The van der Waals surface area contributed by atoms with Gasteiger partial charge in [0.1, 0.15) is 6.61 Å². The van der Waals surface area contributed by atoms with Gasteiger partial charge in [-0.2, -0.15) is 0 Å². The van der Waals surface area contributed by atoms with E-state index in [0.717, 1.165) is 21.8 Å². The molecule has 0 atom stereocenters. The third kappa shape index (κ3) is 1.58. The molecule has 0 aliphatic carbocycles. The Morgan fingerprint density at radius 3 is 2.69 bits per heavy atom. The molecule has 0 saturated heterocycles. The van der Waals surface area contributed by atoms with Crippen molar-refractivity contribution in [1.82, 2.24) is 0 Å². The third-order valence-corrected chi connectivity index (χ3v) is 3.72. The molecule has 2 nitrogen and oxygen atoms in total. The normalized spacial score (nSPS) is 12.6. The van der Waals surface area contributed by atoms with E-state index in [1.807, 2.05) is 30.3 Å². The number of nitrogens with one attached hydrogen (secondary N) is 1. The van der Waals surface area contributed by atoms with Crippen molar-refractivity contribution >= 4 is 23.1 Å². The minimum atomic E-state index is -0.157. The summed E-state index contributed by atoms with van der Waals surface area (Å²) in [5, 5.41) is 14.2. The van der Waals surface area contributed by atoms with Crippen molar-refractivity contribution in [1.29, 1.82) is 0 Å². The summed E-state index contributed by atoms with van der Waals surface area (Å²) in [5.41, 5.74) is 3.06. The second-order valence-corrected chi connectivity index (χ2v) is 4.78. The summed E-state index contributed by atoms with van der Waals surface area (Å²) in [6.45, 7) is -0.157. The van der Waals surface area contributed by atoms with E-state index in [9.17, 15) is 5.11 Å². The first-order valence-electron chi connectivity index (χ1n) is 5.12. The molecule has 79 valence electrons. The number of hydrogen-bond acceptors (Lipinski definition) is 2. The van der Waals surface area contributed by atoms with Crippen LogP contribution < -0.4 is 5.32 Å². The Hall–Kier alpha value is -1.45. The van der Waals surface area contributed by atoms with Crippen molar-refractivity contribution in [3.8, 4) is 0 Å². The fourth-order valence-corrected chi connectivity index (χ4v) is 2.82. The van der Waals surface area contributed by atoms with Crippen molar-refractivity contribution in [2.24, 2.45) is 0 Å². The van der Waals surface area contributed by atoms with Crippen LogP contribution in [0.2, 0.25) is 0 Å². The largest absolute Gasteiger partial charge is 0.354 e. The molecule has 1 aliphatic rings. The fourth-order valence-electron chi connectivity index (χ4n) is 1.77. The average Bonchev–Trinajstić information content (AvgIpc) is 2.35. The van der Waals surface area contributed by atoms with Crippen molar-refractivity contribution in [2.45, 2.75) is 16.4 Å². The molecule has 16 heavy (non-hydrogen) atoms. The summed E-state index contributed by atoms with van der Waals surface area (Å²) >= 11 is 1.71. The number of rotatable bonds is 1. The molecule has 0 aromatic heterocycles. The van der Waals surface area contributed by atoms with Gasteiger partial charge in [-0.3, -0.25) is 0 Å². The van der Waals surface area contributed by atoms with E-state index in [2.05, 4.69) is 17.4 Å². The van der Waals surface area contributed by atoms with E-state index in [1.54, 1.807) is 11.8 Å². The number of para-hydroxylation sites is 1. The predicted octanol–water partition coefficient (Wildman–Crippen LogP) is 3.83. The summed E-state index contributed by atoms with van der Waals surface area (Å²) in [6, 6.07) is 14.0. The maximum atomic E-state index is 10.8. The van der Waals surface area contributed by atoms with Crippen LogP contribution in [0.25, 0.3) is 0 Å². The first-order valence-corrected chi connectivity index (χ1v) is 5.93. The highest BCUT2D eigenvalue weighted by molar-refractivity contribution is 7.99. The standard InChI is InChI=1S/C13H10NOS/c15-8-9-5-6-11-13(7-9)16-12-4-2-1-3-10(12)14-11/h1-7,14H,8H2. The lowest BCUT2D eigenvalue weighted by Crippen LogP contribution is -1.99. The molecule has 0 unspecified atom stereocenters. The van der Waals surface area contributed by atoms with Crippen LogP contribution in [0.5, 0.6) is 0 Å². The molecule has 0 spiro atoms. The van der Waals surface area contributed by atoms with Gasteiger partial charge in [-0.15, -0.1) is 0 Å². The molecule has 3 heteroatoms. The van der Waals surface area contributed by atoms with E-state index < -0.39 is 0 Å². The Balaban J connectivity index is 2.05. The molecule has 2 aromatic rings. The molecule has 0 fully saturated rings. The molecular weight excluding hydrogens is 218 g/mol. The van der Waals surface area contributed by atoms with E-state index in [1.165, 1.54) is 4.90 Å². The quantitative estimate of drug-likeness (QED) is 0.686. The van der Waals surface area contributed by atoms with Crippen LogP contribution in [-0.2, 0) is 11.7 Å². The first-order chi connectivity index (χ1) is 7.86. The highest BCUT2D eigenvalue weighted by atomic mass is 32.2. The van der Waals surface area contributed by atoms with Crippen LogP contribution in [0.15, 0.2) is 52.3 Å². The predicted molar refractivity (Wildman–Crippen MR) is 64.7 cm³/mol. The molecule has 1 N–H and O–H groups in total. The maximum absolute atomic E-state index is 10.8. The van der Waals surface area contributed by atoms with Gasteiger partial charge in [0, 0.05) is 9.79 Å². The first kappa shape index (κ1) is 9.75.